The van der Waals surface area contributed by atoms with Crippen molar-refractivity contribution < 1.29 is 4.79 Å². The van der Waals surface area contributed by atoms with E-state index in [1.807, 2.05) is 38.4 Å². The highest BCUT2D eigenvalue weighted by molar-refractivity contribution is 5.93. The molecule has 3 N–H and O–H groups in total. The second kappa shape index (κ2) is 6.81. The fourth-order valence-electron chi connectivity index (χ4n) is 2.93. The predicted molar refractivity (Wildman–Crippen MR) is 102 cm³/mol. The number of H-pyrrole nitrogens is 1. The van der Waals surface area contributed by atoms with Crippen molar-refractivity contribution in [3.8, 4) is 0 Å². The molecule has 0 bridgehead atoms. The van der Waals surface area contributed by atoms with E-state index in [1.165, 1.54) is 10.9 Å². The molecule has 0 saturated carbocycles. The number of fused-ring (bicyclic) bond motifs is 1. The molecule has 2 heterocycles. The number of pyridine rings is 1. The highest BCUT2D eigenvalue weighted by atomic mass is 16.2. The summed E-state index contributed by atoms with van der Waals surface area (Å²) in [6, 6.07) is 9.66. The number of aryl methyl sites for hydroxylation is 1. The molecule has 0 aliphatic rings. The van der Waals surface area contributed by atoms with Crippen molar-refractivity contribution in [2.24, 2.45) is 0 Å². The number of anilines is 1. The molecule has 5 nitrogen and oxygen atoms in total. The first-order chi connectivity index (χ1) is 12.0. The van der Waals surface area contributed by atoms with Crippen molar-refractivity contribution in [1.82, 2.24) is 14.9 Å². The van der Waals surface area contributed by atoms with Gasteiger partial charge in [-0.05, 0) is 54.8 Å². The Morgan fingerprint density at radius 1 is 1.32 bits per heavy atom. The summed E-state index contributed by atoms with van der Waals surface area (Å²) in [6.45, 7) is 4.12. The molecule has 1 atom stereocenters. The summed E-state index contributed by atoms with van der Waals surface area (Å²) in [5, 5.41) is 1.18. The summed E-state index contributed by atoms with van der Waals surface area (Å²) >= 11 is 0. The van der Waals surface area contributed by atoms with Crippen molar-refractivity contribution in [1.29, 1.82) is 0 Å². The lowest BCUT2D eigenvalue weighted by molar-refractivity contribution is -0.126. The number of hydrogen-bond acceptors (Lipinski definition) is 3. The van der Waals surface area contributed by atoms with Crippen LogP contribution in [0.5, 0.6) is 0 Å². The van der Waals surface area contributed by atoms with Crippen LogP contribution in [0.3, 0.4) is 0 Å². The number of aromatic amines is 1. The van der Waals surface area contributed by atoms with Crippen LogP contribution >= 0.6 is 0 Å². The average Bonchev–Trinajstić information content (AvgIpc) is 3.05. The van der Waals surface area contributed by atoms with E-state index in [4.69, 9.17) is 5.73 Å². The molecule has 25 heavy (non-hydrogen) atoms. The summed E-state index contributed by atoms with van der Waals surface area (Å²) in [5.41, 5.74) is 9.81. The van der Waals surface area contributed by atoms with Crippen molar-refractivity contribution in [2.75, 3.05) is 12.8 Å². The molecule has 1 aromatic carbocycles. The number of carbonyl (C=O) groups excluding carboxylic acids is 1. The van der Waals surface area contributed by atoms with Gasteiger partial charge in [-0.2, -0.15) is 0 Å². The highest BCUT2D eigenvalue weighted by Gasteiger charge is 2.19. The minimum atomic E-state index is -0.0627. The van der Waals surface area contributed by atoms with E-state index < -0.39 is 0 Å². The number of nitrogens with two attached hydrogens (primary N) is 1. The first-order valence-electron chi connectivity index (χ1n) is 8.20. The lowest BCUT2D eigenvalue weighted by atomic mass is 10.0. The third kappa shape index (κ3) is 3.40. The van der Waals surface area contributed by atoms with E-state index in [2.05, 4.69) is 23.0 Å². The number of carbonyl (C=O) groups is 1. The fraction of sp³-hybridized carbons (Fsp3) is 0.200. The second-order valence-corrected chi connectivity index (χ2v) is 6.22. The van der Waals surface area contributed by atoms with E-state index in [-0.39, 0.29) is 11.9 Å². The number of amides is 1. The Morgan fingerprint density at radius 2 is 2.12 bits per heavy atom. The van der Waals surface area contributed by atoms with E-state index in [0.717, 1.165) is 16.6 Å². The van der Waals surface area contributed by atoms with Gasteiger partial charge < -0.3 is 15.6 Å². The van der Waals surface area contributed by atoms with Crippen molar-refractivity contribution >= 4 is 28.7 Å². The Bertz CT molecular complexity index is 925. The third-order valence-corrected chi connectivity index (χ3v) is 4.55. The number of nitrogens with zero attached hydrogens (tertiary/aromatic N) is 2. The molecule has 1 amide bonds. The molecule has 128 valence electrons. The number of hydrogen-bond donors (Lipinski definition) is 2. The van der Waals surface area contributed by atoms with Crippen LogP contribution in [0.15, 0.2) is 48.8 Å². The van der Waals surface area contributed by atoms with Gasteiger partial charge in [0.25, 0.3) is 0 Å². The molecular formula is C20H22N4O. The standard InChI is InChI=1S/C20H22N4O/c1-13-5-4-6-17-20(13)16(12-22-17)14(2)24(3)19(25)10-8-15-7-9-18(21)23-11-15/h4-12,14,22H,1-3H3,(H2,21,23)/b10-8+. The summed E-state index contributed by atoms with van der Waals surface area (Å²) in [5.74, 6) is 0.399. The first kappa shape index (κ1) is 16.8. The van der Waals surface area contributed by atoms with Gasteiger partial charge in [0.05, 0.1) is 6.04 Å². The number of likely N-dealkylation sites (N-methyl/N-ethyl adjacent to an activating group) is 1. The topological polar surface area (TPSA) is 75.0 Å². The van der Waals surface area contributed by atoms with Crippen LogP contribution in [0.25, 0.3) is 17.0 Å². The van der Waals surface area contributed by atoms with E-state index in [1.54, 1.807) is 29.3 Å². The Hall–Kier alpha value is -3.08. The molecule has 0 aliphatic heterocycles. The molecule has 5 heteroatoms. The second-order valence-electron chi connectivity index (χ2n) is 6.22. The van der Waals surface area contributed by atoms with Gasteiger partial charge in [0, 0.05) is 36.4 Å². The minimum absolute atomic E-state index is 0.0449. The maximum Gasteiger partial charge on any atom is 0.246 e. The van der Waals surface area contributed by atoms with Gasteiger partial charge in [-0.1, -0.05) is 12.1 Å². The summed E-state index contributed by atoms with van der Waals surface area (Å²) in [6.07, 6.45) is 6.94. The zero-order chi connectivity index (χ0) is 18.0. The SMILES string of the molecule is Cc1cccc2[nH]cc(C(C)N(C)C(=O)/C=C/c3ccc(N)nc3)c12. The summed E-state index contributed by atoms with van der Waals surface area (Å²) in [4.78, 5) is 21.6. The highest BCUT2D eigenvalue weighted by Crippen LogP contribution is 2.29. The minimum Gasteiger partial charge on any atom is -0.384 e. The molecule has 0 saturated heterocycles. The molecule has 2 aromatic heterocycles. The predicted octanol–water partition coefficient (Wildman–Crippen LogP) is 3.69. The molecule has 1 unspecified atom stereocenters. The number of nitrogen functional groups attached to an aromatic ring is 1. The number of nitrogens with one attached hydrogen (secondary N) is 1. The van der Waals surface area contributed by atoms with Gasteiger partial charge >= 0.3 is 0 Å². The summed E-state index contributed by atoms with van der Waals surface area (Å²) in [7, 11) is 1.82. The first-order valence-corrected chi connectivity index (χ1v) is 8.20. The smallest absolute Gasteiger partial charge is 0.246 e. The lowest BCUT2D eigenvalue weighted by Gasteiger charge is -2.24. The number of benzene rings is 1. The maximum atomic E-state index is 12.5. The average molecular weight is 334 g/mol. The molecule has 0 fully saturated rings. The Labute approximate surface area is 147 Å². The van der Waals surface area contributed by atoms with Crippen LogP contribution in [0.1, 0.15) is 29.7 Å². The van der Waals surface area contributed by atoms with Gasteiger partial charge in [0.1, 0.15) is 5.82 Å². The van der Waals surface area contributed by atoms with Crippen LogP contribution in [-0.4, -0.2) is 27.8 Å². The van der Waals surface area contributed by atoms with Gasteiger partial charge in [-0.15, -0.1) is 0 Å². The van der Waals surface area contributed by atoms with Crippen molar-refractivity contribution in [3.05, 3.63) is 65.5 Å². The molecule has 0 aliphatic carbocycles. The van der Waals surface area contributed by atoms with E-state index >= 15 is 0 Å². The number of rotatable bonds is 4. The lowest BCUT2D eigenvalue weighted by Crippen LogP contribution is -2.27. The molecule has 3 rings (SSSR count). The van der Waals surface area contributed by atoms with Gasteiger partial charge in [0.2, 0.25) is 5.91 Å². The maximum absolute atomic E-state index is 12.5. The molecule has 0 spiro atoms. The Kier molecular flexibility index (Phi) is 4.57. The summed E-state index contributed by atoms with van der Waals surface area (Å²) < 4.78 is 0. The van der Waals surface area contributed by atoms with Gasteiger partial charge in [-0.25, -0.2) is 4.98 Å². The normalized spacial score (nSPS) is 12.6. The van der Waals surface area contributed by atoms with E-state index in [0.29, 0.717) is 5.82 Å². The van der Waals surface area contributed by atoms with Crippen LogP contribution < -0.4 is 5.73 Å². The van der Waals surface area contributed by atoms with Gasteiger partial charge in [0.15, 0.2) is 0 Å². The quantitative estimate of drug-likeness (QED) is 0.715. The monoisotopic (exact) mass is 334 g/mol. The van der Waals surface area contributed by atoms with Crippen molar-refractivity contribution in [3.63, 3.8) is 0 Å². The Balaban J connectivity index is 1.80. The van der Waals surface area contributed by atoms with E-state index in [9.17, 15) is 4.79 Å². The number of aromatic nitrogens is 2. The van der Waals surface area contributed by atoms with Crippen LogP contribution in [0, 0.1) is 6.92 Å². The zero-order valence-corrected chi connectivity index (χ0v) is 14.7. The molecule has 3 aromatic rings. The van der Waals surface area contributed by atoms with Crippen LogP contribution in [0.4, 0.5) is 5.82 Å². The fourth-order valence-corrected chi connectivity index (χ4v) is 2.93. The van der Waals surface area contributed by atoms with Gasteiger partial charge in [-0.3, -0.25) is 4.79 Å². The zero-order valence-electron chi connectivity index (χ0n) is 14.7. The Morgan fingerprint density at radius 3 is 2.84 bits per heavy atom. The molecular weight excluding hydrogens is 312 g/mol. The van der Waals surface area contributed by atoms with Crippen LogP contribution in [-0.2, 0) is 4.79 Å². The van der Waals surface area contributed by atoms with Crippen LogP contribution in [0.2, 0.25) is 0 Å². The third-order valence-electron chi connectivity index (χ3n) is 4.55. The largest absolute Gasteiger partial charge is 0.384 e. The van der Waals surface area contributed by atoms with Crippen molar-refractivity contribution in [2.45, 2.75) is 19.9 Å². The molecule has 0 radical (unpaired) electrons.